The summed E-state index contributed by atoms with van der Waals surface area (Å²) in [6.07, 6.45) is 0. The van der Waals surface area contributed by atoms with Gasteiger partial charge in [0.2, 0.25) is 5.91 Å². The maximum Gasteiger partial charge on any atom is 0.241 e. The van der Waals surface area contributed by atoms with Gasteiger partial charge in [0.1, 0.15) is 0 Å². The Morgan fingerprint density at radius 1 is 1.15 bits per heavy atom. The van der Waals surface area contributed by atoms with Crippen molar-refractivity contribution in [2.45, 2.75) is 26.8 Å². The van der Waals surface area contributed by atoms with Gasteiger partial charge in [-0.2, -0.15) is 0 Å². The Balaban J connectivity index is 2.22. The summed E-state index contributed by atoms with van der Waals surface area (Å²) >= 11 is 3.45. The quantitative estimate of drug-likeness (QED) is 0.874. The summed E-state index contributed by atoms with van der Waals surface area (Å²) in [5, 5.41) is 5.08. The van der Waals surface area contributed by atoms with Crippen molar-refractivity contribution in [3.05, 3.63) is 40.9 Å². The second-order valence-corrected chi connectivity index (χ2v) is 6.95. The summed E-state index contributed by atoms with van der Waals surface area (Å²) in [5.41, 5.74) is 6.47. The minimum Gasteiger partial charge on any atom is -0.325 e. The van der Waals surface area contributed by atoms with Crippen LogP contribution in [0, 0.1) is 5.41 Å². The average Bonchev–Trinajstić information content (AvgIpc) is 2.37. The molecule has 2 rings (SSSR count). The Labute approximate surface area is 127 Å². The smallest absolute Gasteiger partial charge is 0.241 e. The number of carbonyl (C=O) groups excluding carboxylic acids is 1. The predicted molar refractivity (Wildman–Crippen MR) is 87.7 cm³/mol. The lowest BCUT2D eigenvalue weighted by Gasteiger charge is -2.25. The third-order valence-corrected chi connectivity index (χ3v) is 3.78. The van der Waals surface area contributed by atoms with E-state index in [0.717, 1.165) is 20.9 Å². The zero-order valence-corrected chi connectivity index (χ0v) is 13.5. The van der Waals surface area contributed by atoms with E-state index in [0.29, 0.717) is 0 Å². The fraction of sp³-hybridized carbons (Fsp3) is 0.312. The summed E-state index contributed by atoms with van der Waals surface area (Å²) in [6, 6.07) is 11.3. The van der Waals surface area contributed by atoms with Gasteiger partial charge in [-0.25, -0.2) is 0 Å². The molecule has 106 valence electrons. The topological polar surface area (TPSA) is 55.1 Å². The summed E-state index contributed by atoms with van der Waals surface area (Å²) < 4.78 is 1.04. The number of amides is 1. The number of nitrogens with two attached hydrogens (primary N) is 1. The van der Waals surface area contributed by atoms with E-state index in [1.54, 1.807) is 0 Å². The first-order valence-electron chi connectivity index (χ1n) is 6.53. The zero-order chi connectivity index (χ0) is 14.9. The first-order valence-corrected chi connectivity index (χ1v) is 7.32. The van der Waals surface area contributed by atoms with Crippen molar-refractivity contribution in [1.82, 2.24) is 0 Å². The Morgan fingerprint density at radius 3 is 2.40 bits per heavy atom. The molecule has 0 bridgehead atoms. The molecule has 0 heterocycles. The Bertz CT molecular complexity index is 646. The van der Waals surface area contributed by atoms with Gasteiger partial charge < -0.3 is 11.1 Å². The van der Waals surface area contributed by atoms with E-state index >= 15 is 0 Å². The van der Waals surface area contributed by atoms with Gasteiger partial charge in [0, 0.05) is 10.2 Å². The van der Waals surface area contributed by atoms with Gasteiger partial charge >= 0.3 is 0 Å². The lowest BCUT2D eigenvalue weighted by Crippen LogP contribution is -2.45. The number of hydrogen-bond acceptors (Lipinski definition) is 2. The molecule has 0 saturated carbocycles. The van der Waals surface area contributed by atoms with Crippen molar-refractivity contribution >= 4 is 38.3 Å². The van der Waals surface area contributed by atoms with Gasteiger partial charge in [-0.05, 0) is 40.5 Å². The summed E-state index contributed by atoms with van der Waals surface area (Å²) in [5.74, 6) is -0.158. The molecule has 4 heteroatoms. The SMILES string of the molecule is CC(C)(C)[C@@H](N)C(=O)Nc1ccc2cc(Br)ccc2c1. The van der Waals surface area contributed by atoms with E-state index in [-0.39, 0.29) is 11.3 Å². The van der Waals surface area contributed by atoms with Crippen LogP contribution >= 0.6 is 15.9 Å². The minimum absolute atomic E-state index is 0.158. The first-order chi connectivity index (χ1) is 9.27. The fourth-order valence-corrected chi connectivity index (χ4v) is 2.29. The lowest BCUT2D eigenvalue weighted by molar-refractivity contribution is -0.119. The third kappa shape index (κ3) is 3.38. The van der Waals surface area contributed by atoms with Crippen LogP contribution in [0.5, 0.6) is 0 Å². The molecule has 0 aliphatic rings. The highest BCUT2D eigenvalue weighted by Crippen LogP contribution is 2.24. The number of nitrogens with one attached hydrogen (secondary N) is 1. The summed E-state index contributed by atoms with van der Waals surface area (Å²) in [6.45, 7) is 5.86. The molecule has 0 radical (unpaired) electrons. The van der Waals surface area contributed by atoms with Crippen molar-refractivity contribution in [3.8, 4) is 0 Å². The van der Waals surface area contributed by atoms with Gasteiger partial charge in [-0.3, -0.25) is 4.79 Å². The number of anilines is 1. The van der Waals surface area contributed by atoms with Crippen LogP contribution in [0.15, 0.2) is 40.9 Å². The van der Waals surface area contributed by atoms with Gasteiger partial charge in [0.25, 0.3) is 0 Å². The van der Waals surface area contributed by atoms with Crippen LogP contribution in [0.2, 0.25) is 0 Å². The standard InChI is InChI=1S/C16H19BrN2O/c1-16(2,3)14(18)15(20)19-13-7-5-10-8-12(17)6-4-11(10)9-13/h4-9,14H,18H2,1-3H3,(H,19,20)/t14-/m0/s1. The number of halogens is 1. The molecule has 0 spiro atoms. The number of carbonyl (C=O) groups is 1. The van der Waals surface area contributed by atoms with Crippen molar-refractivity contribution in [1.29, 1.82) is 0 Å². The summed E-state index contributed by atoms with van der Waals surface area (Å²) in [4.78, 5) is 12.1. The molecule has 0 aliphatic heterocycles. The van der Waals surface area contributed by atoms with Crippen molar-refractivity contribution < 1.29 is 4.79 Å². The molecule has 2 aromatic carbocycles. The molecule has 3 nitrogen and oxygen atoms in total. The Hall–Kier alpha value is -1.39. The molecule has 3 N–H and O–H groups in total. The zero-order valence-electron chi connectivity index (χ0n) is 11.9. The maximum atomic E-state index is 12.1. The Morgan fingerprint density at radius 2 is 1.75 bits per heavy atom. The van der Waals surface area contributed by atoms with Crippen LogP contribution in [-0.2, 0) is 4.79 Å². The summed E-state index contributed by atoms with van der Waals surface area (Å²) in [7, 11) is 0. The van der Waals surface area contributed by atoms with Crippen LogP contribution < -0.4 is 11.1 Å². The fourth-order valence-electron chi connectivity index (χ4n) is 1.91. The monoisotopic (exact) mass is 334 g/mol. The molecule has 20 heavy (non-hydrogen) atoms. The highest BCUT2D eigenvalue weighted by Gasteiger charge is 2.27. The number of hydrogen-bond donors (Lipinski definition) is 2. The Kier molecular flexibility index (Phi) is 4.16. The second kappa shape index (κ2) is 5.54. The van der Waals surface area contributed by atoms with Crippen molar-refractivity contribution in [2.24, 2.45) is 11.1 Å². The van der Waals surface area contributed by atoms with Gasteiger partial charge in [-0.15, -0.1) is 0 Å². The van der Waals surface area contributed by atoms with E-state index in [2.05, 4.69) is 21.2 Å². The van der Waals surface area contributed by atoms with Crippen molar-refractivity contribution in [3.63, 3.8) is 0 Å². The normalized spacial score (nSPS) is 13.2. The molecule has 0 fully saturated rings. The highest BCUT2D eigenvalue weighted by molar-refractivity contribution is 9.10. The predicted octanol–water partition coefficient (Wildman–Crippen LogP) is 3.91. The van der Waals surface area contributed by atoms with Crippen molar-refractivity contribution in [2.75, 3.05) is 5.32 Å². The lowest BCUT2D eigenvalue weighted by atomic mass is 9.87. The maximum absolute atomic E-state index is 12.1. The highest BCUT2D eigenvalue weighted by atomic mass is 79.9. The van der Waals surface area contributed by atoms with Gasteiger partial charge in [-0.1, -0.05) is 48.8 Å². The van der Waals surface area contributed by atoms with E-state index < -0.39 is 6.04 Å². The molecule has 0 saturated heterocycles. The van der Waals surface area contributed by atoms with E-state index in [1.165, 1.54) is 0 Å². The molecule has 2 aromatic rings. The van der Waals surface area contributed by atoms with Crippen LogP contribution in [-0.4, -0.2) is 11.9 Å². The molecular weight excluding hydrogens is 316 g/mol. The van der Waals surface area contributed by atoms with E-state index in [1.807, 2.05) is 57.2 Å². The number of rotatable bonds is 2. The minimum atomic E-state index is -0.539. The van der Waals surface area contributed by atoms with Gasteiger partial charge in [0.15, 0.2) is 0 Å². The van der Waals surface area contributed by atoms with Crippen LogP contribution in [0.25, 0.3) is 10.8 Å². The number of benzene rings is 2. The average molecular weight is 335 g/mol. The molecule has 1 amide bonds. The second-order valence-electron chi connectivity index (χ2n) is 6.04. The molecule has 0 unspecified atom stereocenters. The molecule has 0 aromatic heterocycles. The van der Waals surface area contributed by atoms with E-state index in [4.69, 9.17) is 5.73 Å². The number of fused-ring (bicyclic) bond motifs is 1. The van der Waals surface area contributed by atoms with Gasteiger partial charge in [0.05, 0.1) is 6.04 Å². The molecular formula is C16H19BrN2O. The first kappa shape index (κ1) is 15.0. The van der Waals surface area contributed by atoms with Crippen LogP contribution in [0.4, 0.5) is 5.69 Å². The third-order valence-electron chi connectivity index (χ3n) is 3.29. The van der Waals surface area contributed by atoms with Crippen LogP contribution in [0.3, 0.4) is 0 Å². The largest absolute Gasteiger partial charge is 0.325 e. The molecule has 0 aliphatic carbocycles. The molecule has 1 atom stereocenters. The van der Waals surface area contributed by atoms with E-state index in [9.17, 15) is 4.79 Å². The van der Waals surface area contributed by atoms with Crippen LogP contribution in [0.1, 0.15) is 20.8 Å².